The molecule has 0 radical (unpaired) electrons. The van der Waals surface area contributed by atoms with Gasteiger partial charge in [0.05, 0.1) is 12.3 Å². The lowest BCUT2D eigenvalue weighted by molar-refractivity contribution is 0.0996. The molecule has 6 heteroatoms. The number of hydrogen-bond donors (Lipinski definition) is 3. The maximum absolute atomic E-state index is 11.0. The van der Waals surface area contributed by atoms with Crippen LogP contribution in [0.4, 0.5) is 11.5 Å². The Labute approximate surface area is 106 Å². The minimum absolute atomic E-state index is 0.200. The van der Waals surface area contributed by atoms with Gasteiger partial charge < -0.3 is 21.5 Å². The van der Waals surface area contributed by atoms with Crippen molar-refractivity contribution in [3.63, 3.8) is 0 Å². The lowest BCUT2D eigenvalue weighted by Crippen LogP contribution is -2.17. The molecular weight excluding hydrogens is 232 g/mol. The van der Waals surface area contributed by atoms with E-state index in [1.807, 2.05) is 0 Å². The van der Waals surface area contributed by atoms with Crippen LogP contribution in [-0.2, 0) is 4.74 Å². The highest BCUT2D eigenvalue weighted by Crippen LogP contribution is 2.28. The third-order valence-corrected chi connectivity index (χ3v) is 2.77. The Bertz CT molecular complexity index is 432. The molecule has 0 atom stereocenters. The number of nitrogens with zero attached hydrogens (tertiary/aromatic N) is 1. The zero-order chi connectivity index (χ0) is 13.0. The summed E-state index contributed by atoms with van der Waals surface area (Å²) >= 11 is 0. The van der Waals surface area contributed by atoms with Crippen LogP contribution >= 0.6 is 0 Å². The summed E-state index contributed by atoms with van der Waals surface area (Å²) < 4.78 is 5.47. The molecule has 1 aliphatic rings. The van der Waals surface area contributed by atoms with Crippen molar-refractivity contribution in [2.24, 2.45) is 11.7 Å². The smallest absolute Gasteiger partial charge is 0.267 e. The topological polar surface area (TPSA) is 103 Å². The molecule has 1 amide bonds. The molecule has 0 bridgehead atoms. The second-order valence-electron chi connectivity index (χ2n) is 4.44. The van der Waals surface area contributed by atoms with E-state index in [0.717, 1.165) is 12.5 Å². The molecular formula is C12H18N4O2. The Kier molecular flexibility index (Phi) is 3.99. The molecule has 18 heavy (non-hydrogen) atoms. The third-order valence-electron chi connectivity index (χ3n) is 2.77. The van der Waals surface area contributed by atoms with Crippen LogP contribution in [0, 0.1) is 5.92 Å². The van der Waals surface area contributed by atoms with Gasteiger partial charge >= 0.3 is 0 Å². The molecule has 5 N–H and O–H groups in total. The van der Waals surface area contributed by atoms with Gasteiger partial charge in [0.2, 0.25) is 0 Å². The summed E-state index contributed by atoms with van der Waals surface area (Å²) in [5.74, 6) is 0.663. The number of nitrogens with two attached hydrogens (primary N) is 2. The normalized spacial score (nSPS) is 14.4. The first-order chi connectivity index (χ1) is 8.66. The number of amides is 1. The van der Waals surface area contributed by atoms with Gasteiger partial charge in [-0.25, -0.2) is 4.98 Å². The minimum Gasteiger partial charge on any atom is -0.396 e. The van der Waals surface area contributed by atoms with Crippen molar-refractivity contribution in [1.29, 1.82) is 0 Å². The van der Waals surface area contributed by atoms with Crippen LogP contribution in [0.25, 0.3) is 0 Å². The number of primary amides is 1. The standard InChI is InChI=1S/C12H18N4O2/c13-9-3-4-10(11(14)17)16-12(9)15-5-6-18-7-8-1-2-8/h3-4,8H,1-2,5-7,13H2,(H2,14,17)(H,15,16). The van der Waals surface area contributed by atoms with Crippen molar-refractivity contribution in [3.8, 4) is 0 Å². The number of nitrogen functional groups attached to an aromatic ring is 1. The number of anilines is 2. The highest BCUT2D eigenvalue weighted by molar-refractivity contribution is 5.91. The van der Waals surface area contributed by atoms with Crippen molar-refractivity contribution < 1.29 is 9.53 Å². The summed E-state index contributed by atoms with van der Waals surface area (Å²) in [5, 5.41) is 3.03. The molecule has 1 aromatic rings. The Balaban J connectivity index is 1.79. The van der Waals surface area contributed by atoms with E-state index in [0.29, 0.717) is 24.7 Å². The second kappa shape index (κ2) is 5.68. The molecule has 1 aromatic heterocycles. The molecule has 98 valence electrons. The SMILES string of the molecule is NC(=O)c1ccc(N)c(NCCOCC2CC2)n1. The minimum atomic E-state index is -0.567. The van der Waals surface area contributed by atoms with E-state index in [1.54, 1.807) is 6.07 Å². The van der Waals surface area contributed by atoms with Gasteiger partial charge in [-0.1, -0.05) is 0 Å². The zero-order valence-corrected chi connectivity index (χ0v) is 10.2. The van der Waals surface area contributed by atoms with Crippen LogP contribution in [0.15, 0.2) is 12.1 Å². The molecule has 0 aromatic carbocycles. The fourth-order valence-corrected chi connectivity index (χ4v) is 1.52. The van der Waals surface area contributed by atoms with Crippen molar-refractivity contribution in [3.05, 3.63) is 17.8 Å². The van der Waals surface area contributed by atoms with E-state index >= 15 is 0 Å². The quantitative estimate of drug-likeness (QED) is 0.615. The lowest BCUT2D eigenvalue weighted by atomic mass is 10.3. The van der Waals surface area contributed by atoms with E-state index in [9.17, 15) is 4.79 Å². The fraction of sp³-hybridized carbons (Fsp3) is 0.500. The molecule has 0 saturated heterocycles. The van der Waals surface area contributed by atoms with Crippen LogP contribution in [0.5, 0.6) is 0 Å². The van der Waals surface area contributed by atoms with Crippen molar-refractivity contribution in [1.82, 2.24) is 4.98 Å². The molecule has 0 aliphatic heterocycles. The zero-order valence-electron chi connectivity index (χ0n) is 10.2. The monoisotopic (exact) mass is 250 g/mol. The highest BCUT2D eigenvalue weighted by atomic mass is 16.5. The second-order valence-corrected chi connectivity index (χ2v) is 4.44. The predicted octanol–water partition coefficient (Wildman–Crippen LogP) is 0.601. The third kappa shape index (κ3) is 3.59. The summed E-state index contributed by atoms with van der Waals surface area (Å²) in [7, 11) is 0. The fourth-order valence-electron chi connectivity index (χ4n) is 1.52. The molecule has 1 heterocycles. The van der Waals surface area contributed by atoms with E-state index in [-0.39, 0.29) is 5.69 Å². The number of nitrogens with one attached hydrogen (secondary N) is 1. The predicted molar refractivity (Wildman–Crippen MR) is 69.2 cm³/mol. The van der Waals surface area contributed by atoms with Gasteiger partial charge in [0.25, 0.3) is 5.91 Å². The van der Waals surface area contributed by atoms with Crippen molar-refractivity contribution in [2.75, 3.05) is 30.8 Å². The Morgan fingerprint density at radius 2 is 2.28 bits per heavy atom. The average Bonchev–Trinajstić information content (AvgIpc) is 3.14. The number of ether oxygens (including phenoxy) is 1. The van der Waals surface area contributed by atoms with Gasteiger partial charge in [-0.2, -0.15) is 0 Å². The van der Waals surface area contributed by atoms with Crippen LogP contribution in [0.2, 0.25) is 0 Å². The van der Waals surface area contributed by atoms with Gasteiger partial charge in [-0.3, -0.25) is 4.79 Å². The number of rotatable bonds is 7. The molecule has 1 saturated carbocycles. The first kappa shape index (κ1) is 12.6. The molecule has 2 rings (SSSR count). The maximum atomic E-state index is 11.0. The van der Waals surface area contributed by atoms with Gasteiger partial charge in [0.1, 0.15) is 11.5 Å². The molecule has 1 fully saturated rings. The number of carbonyl (C=O) groups is 1. The summed E-state index contributed by atoms with van der Waals surface area (Å²) in [6.45, 7) is 2.02. The van der Waals surface area contributed by atoms with E-state index < -0.39 is 5.91 Å². The number of aromatic nitrogens is 1. The number of pyridine rings is 1. The van der Waals surface area contributed by atoms with Crippen LogP contribution in [-0.4, -0.2) is 30.6 Å². The summed E-state index contributed by atoms with van der Waals surface area (Å²) in [6, 6.07) is 3.12. The summed E-state index contributed by atoms with van der Waals surface area (Å²) in [4.78, 5) is 15.0. The van der Waals surface area contributed by atoms with Crippen LogP contribution < -0.4 is 16.8 Å². The molecule has 0 unspecified atom stereocenters. The van der Waals surface area contributed by atoms with Crippen LogP contribution in [0.1, 0.15) is 23.3 Å². The first-order valence-electron chi connectivity index (χ1n) is 6.05. The van der Waals surface area contributed by atoms with E-state index in [2.05, 4.69) is 10.3 Å². The largest absolute Gasteiger partial charge is 0.396 e. The maximum Gasteiger partial charge on any atom is 0.267 e. The highest BCUT2D eigenvalue weighted by Gasteiger charge is 2.20. The van der Waals surface area contributed by atoms with Gasteiger partial charge in [-0.05, 0) is 30.9 Å². The van der Waals surface area contributed by atoms with Gasteiger partial charge in [0.15, 0.2) is 0 Å². The number of carbonyl (C=O) groups excluding carboxylic acids is 1. The van der Waals surface area contributed by atoms with Gasteiger partial charge in [0, 0.05) is 13.2 Å². The molecule has 6 nitrogen and oxygen atoms in total. The van der Waals surface area contributed by atoms with Crippen molar-refractivity contribution >= 4 is 17.4 Å². The Morgan fingerprint density at radius 3 is 2.94 bits per heavy atom. The summed E-state index contributed by atoms with van der Waals surface area (Å²) in [6.07, 6.45) is 2.56. The summed E-state index contributed by atoms with van der Waals surface area (Å²) in [5.41, 5.74) is 11.6. The van der Waals surface area contributed by atoms with E-state index in [4.69, 9.17) is 16.2 Å². The Hall–Kier alpha value is -1.82. The van der Waals surface area contributed by atoms with Gasteiger partial charge in [-0.15, -0.1) is 0 Å². The van der Waals surface area contributed by atoms with Crippen molar-refractivity contribution in [2.45, 2.75) is 12.8 Å². The molecule has 0 spiro atoms. The average molecular weight is 250 g/mol. The Morgan fingerprint density at radius 1 is 1.50 bits per heavy atom. The van der Waals surface area contributed by atoms with Crippen LogP contribution in [0.3, 0.4) is 0 Å². The number of hydrogen-bond acceptors (Lipinski definition) is 5. The lowest BCUT2D eigenvalue weighted by Gasteiger charge is -2.09. The first-order valence-corrected chi connectivity index (χ1v) is 6.05. The van der Waals surface area contributed by atoms with E-state index in [1.165, 1.54) is 18.9 Å². The molecule has 1 aliphatic carbocycles.